The molecule has 1 aliphatic carbocycles. The van der Waals surface area contributed by atoms with Crippen LogP contribution in [0.3, 0.4) is 0 Å². The van der Waals surface area contributed by atoms with E-state index in [0.717, 1.165) is 25.1 Å². The van der Waals surface area contributed by atoms with Gasteiger partial charge in [0.25, 0.3) is 0 Å². The Kier molecular flexibility index (Phi) is 4.52. The maximum atomic E-state index is 13.1. The summed E-state index contributed by atoms with van der Waals surface area (Å²) in [6.07, 6.45) is 3.93. The van der Waals surface area contributed by atoms with E-state index < -0.39 is 0 Å². The molecular formula is C21H27ClN2O2. The summed E-state index contributed by atoms with van der Waals surface area (Å²) in [7, 11) is 3.70. The van der Waals surface area contributed by atoms with Crippen LogP contribution in [0.25, 0.3) is 0 Å². The number of benzene rings is 1. The maximum Gasteiger partial charge on any atom is 0.310 e. The standard InChI is InChI=1S/C21H27ClN2O2/c1-4-13-12-24(2)17-11-14(13)18(20(25)26-3)21(9-10-22)15-7-5-6-8-16(15)23-19(17)21/h4-8,14,17-19,23H,9-12H2,1-3H3/b13-4-/t14-,17-,18-,19+,21-/m0/s1. The molecule has 1 N–H and O–H groups in total. The van der Waals surface area contributed by atoms with Crippen LogP contribution in [0.15, 0.2) is 35.9 Å². The van der Waals surface area contributed by atoms with Crippen molar-refractivity contribution in [1.29, 1.82) is 0 Å². The first kappa shape index (κ1) is 17.9. The number of methoxy groups -OCH3 is 1. The van der Waals surface area contributed by atoms with E-state index in [2.05, 4.69) is 54.5 Å². The van der Waals surface area contributed by atoms with Crippen LogP contribution in [0.1, 0.15) is 25.3 Å². The molecule has 1 saturated heterocycles. The fraction of sp³-hybridized carbons (Fsp3) is 0.571. The number of alkyl halides is 1. The van der Waals surface area contributed by atoms with Crippen molar-refractivity contribution in [2.24, 2.45) is 11.8 Å². The fourth-order valence-electron chi connectivity index (χ4n) is 5.90. The minimum Gasteiger partial charge on any atom is -0.469 e. The molecule has 2 aliphatic heterocycles. The van der Waals surface area contributed by atoms with Crippen molar-refractivity contribution in [3.8, 4) is 0 Å². The number of carbonyl (C=O) groups is 1. The van der Waals surface area contributed by atoms with Crippen molar-refractivity contribution in [3.05, 3.63) is 41.5 Å². The number of rotatable bonds is 3. The molecule has 5 heteroatoms. The van der Waals surface area contributed by atoms with Crippen LogP contribution >= 0.6 is 11.6 Å². The van der Waals surface area contributed by atoms with E-state index in [9.17, 15) is 4.79 Å². The van der Waals surface area contributed by atoms with Gasteiger partial charge in [-0.1, -0.05) is 29.8 Å². The molecule has 140 valence electrons. The van der Waals surface area contributed by atoms with Gasteiger partial charge in [-0.25, -0.2) is 0 Å². The van der Waals surface area contributed by atoms with Gasteiger partial charge in [-0.3, -0.25) is 9.69 Å². The predicted molar refractivity (Wildman–Crippen MR) is 105 cm³/mol. The molecule has 26 heavy (non-hydrogen) atoms. The second-order valence-corrected chi connectivity index (χ2v) is 8.21. The van der Waals surface area contributed by atoms with Gasteiger partial charge in [-0.2, -0.15) is 0 Å². The Balaban J connectivity index is 1.96. The third kappa shape index (κ3) is 2.28. The van der Waals surface area contributed by atoms with Gasteiger partial charge in [0.05, 0.1) is 19.1 Å². The molecular weight excluding hydrogens is 348 g/mol. The Bertz CT molecular complexity index is 749. The van der Waals surface area contributed by atoms with Crippen LogP contribution in [0.4, 0.5) is 5.69 Å². The van der Waals surface area contributed by atoms with Gasteiger partial charge < -0.3 is 10.1 Å². The number of fused-ring (bicyclic) bond motifs is 6. The molecule has 2 heterocycles. The number of carbonyl (C=O) groups excluding carboxylic acids is 1. The average Bonchev–Trinajstić information content (AvgIpc) is 2.99. The molecule has 0 spiro atoms. The topological polar surface area (TPSA) is 41.6 Å². The SMILES string of the molecule is C/C=C1/CN(C)[C@H]2C[C@@H]1[C@@H](C(=O)OC)[C@]1(CCCl)c3ccccc3N[C@H]21. The van der Waals surface area contributed by atoms with Crippen LogP contribution in [0.5, 0.6) is 0 Å². The summed E-state index contributed by atoms with van der Waals surface area (Å²) in [6, 6.07) is 8.96. The molecule has 0 radical (unpaired) electrons. The first-order chi connectivity index (χ1) is 12.6. The van der Waals surface area contributed by atoms with Gasteiger partial charge in [-0.05, 0) is 44.4 Å². The van der Waals surface area contributed by atoms with Crippen molar-refractivity contribution < 1.29 is 9.53 Å². The Hall–Kier alpha value is -1.52. The highest BCUT2D eigenvalue weighted by Crippen LogP contribution is 2.59. The van der Waals surface area contributed by atoms with Crippen molar-refractivity contribution >= 4 is 23.3 Å². The molecule has 5 atom stereocenters. The molecule has 4 rings (SSSR count). The summed E-state index contributed by atoms with van der Waals surface area (Å²) in [5, 5.41) is 3.76. The largest absolute Gasteiger partial charge is 0.469 e. The highest BCUT2D eigenvalue weighted by atomic mass is 35.5. The number of nitrogens with zero attached hydrogens (tertiary/aromatic N) is 1. The highest BCUT2D eigenvalue weighted by molar-refractivity contribution is 6.18. The summed E-state index contributed by atoms with van der Waals surface area (Å²) < 4.78 is 5.34. The third-order valence-corrected chi connectivity index (χ3v) is 7.13. The number of nitrogens with one attached hydrogen (secondary N) is 1. The number of halogens is 1. The van der Waals surface area contributed by atoms with E-state index in [1.54, 1.807) is 0 Å². The Labute approximate surface area is 160 Å². The summed E-state index contributed by atoms with van der Waals surface area (Å²) in [4.78, 5) is 15.5. The van der Waals surface area contributed by atoms with Gasteiger partial charge >= 0.3 is 5.97 Å². The zero-order valence-corrected chi connectivity index (χ0v) is 16.4. The number of allylic oxidation sites excluding steroid dienone is 1. The van der Waals surface area contributed by atoms with E-state index in [0.29, 0.717) is 11.9 Å². The number of likely N-dealkylation sites (N-methyl/N-ethyl adjacent to an activating group) is 1. The van der Waals surface area contributed by atoms with Gasteiger partial charge in [0.1, 0.15) is 0 Å². The molecule has 1 aromatic rings. The number of ether oxygens (including phenoxy) is 1. The zero-order valence-electron chi connectivity index (χ0n) is 15.7. The monoisotopic (exact) mass is 374 g/mol. The Morgan fingerprint density at radius 2 is 2.23 bits per heavy atom. The average molecular weight is 375 g/mol. The first-order valence-electron chi connectivity index (χ1n) is 9.43. The minimum atomic E-state index is -0.331. The number of hydrogen-bond acceptors (Lipinski definition) is 4. The molecule has 1 aromatic carbocycles. The molecule has 0 unspecified atom stereocenters. The van der Waals surface area contributed by atoms with Crippen LogP contribution in [0.2, 0.25) is 0 Å². The normalized spacial score (nSPS) is 37.0. The highest BCUT2D eigenvalue weighted by Gasteiger charge is 2.64. The number of anilines is 1. The third-order valence-electron chi connectivity index (χ3n) is 6.94. The fourth-order valence-corrected chi connectivity index (χ4v) is 6.21. The number of hydrogen-bond donors (Lipinski definition) is 1. The molecule has 4 nitrogen and oxygen atoms in total. The molecule has 1 saturated carbocycles. The van der Waals surface area contributed by atoms with E-state index in [-0.39, 0.29) is 29.3 Å². The lowest BCUT2D eigenvalue weighted by Gasteiger charge is -2.57. The number of esters is 1. The van der Waals surface area contributed by atoms with Crippen LogP contribution < -0.4 is 5.32 Å². The van der Waals surface area contributed by atoms with E-state index in [1.165, 1.54) is 18.2 Å². The van der Waals surface area contributed by atoms with Crippen LogP contribution in [-0.2, 0) is 14.9 Å². The summed E-state index contributed by atoms with van der Waals surface area (Å²) in [5.41, 5.74) is 3.37. The van der Waals surface area contributed by atoms with Gasteiger partial charge in [0.15, 0.2) is 0 Å². The Morgan fingerprint density at radius 3 is 2.92 bits per heavy atom. The lowest BCUT2D eigenvalue weighted by atomic mass is 9.52. The smallest absolute Gasteiger partial charge is 0.310 e. The van der Waals surface area contributed by atoms with Crippen molar-refractivity contribution in [1.82, 2.24) is 4.90 Å². The minimum absolute atomic E-state index is 0.106. The molecule has 3 aliphatic rings. The quantitative estimate of drug-likeness (QED) is 0.500. The second-order valence-electron chi connectivity index (χ2n) is 7.84. The number of likely N-dealkylation sites (tertiary alicyclic amines) is 1. The van der Waals surface area contributed by atoms with Crippen LogP contribution in [-0.4, -0.2) is 49.5 Å². The number of para-hydroxylation sites is 1. The summed E-state index contributed by atoms with van der Waals surface area (Å²) in [5.74, 6) is 0.421. The maximum absolute atomic E-state index is 13.1. The van der Waals surface area contributed by atoms with Crippen molar-refractivity contribution in [2.75, 3.05) is 31.9 Å². The summed E-state index contributed by atoms with van der Waals surface area (Å²) in [6.45, 7) is 2.99. The lowest BCUT2D eigenvalue weighted by Crippen LogP contribution is -2.67. The molecule has 2 bridgehead atoms. The van der Waals surface area contributed by atoms with E-state index in [4.69, 9.17) is 16.3 Å². The zero-order chi connectivity index (χ0) is 18.5. The second kappa shape index (κ2) is 6.58. The van der Waals surface area contributed by atoms with Crippen molar-refractivity contribution in [3.63, 3.8) is 0 Å². The van der Waals surface area contributed by atoms with E-state index >= 15 is 0 Å². The molecule has 0 amide bonds. The van der Waals surface area contributed by atoms with E-state index in [1.807, 2.05) is 0 Å². The molecule has 0 aromatic heterocycles. The van der Waals surface area contributed by atoms with Gasteiger partial charge in [0, 0.05) is 29.6 Å². The number of piperidine rings is 1. The summed E-state index contributed by atoms with van der Waals surface area (Å²) >= 11 is 6.33. The van der Waals surface area contributed by atoms with Crippen LogP contribution in [0, 0.1) is 11.8 Å². The Morgan fingerprint density at radius 1 is 1.46 bits per heavy atom. The van der Waals surface area contributed by atoms with Crippen molar-refractivity contribution in [2.45, 2.75) is 37.3 Å². The lowest BCUT2D eigenvalue weighted by molar-refractivity contribution is -0.154. The molecule has 2 fully saturated rings. The van der Waals surface area contributed by atoms with Gasteiger partial charge in [-0.15, -0.1) is 11.6 Å². The predicted octanol–water partition coefficient (Wildman–Crippen LogP) is 3.42. The van der Waals surface area contributed by atoms with Gasteiger partial charge in [0.2, 0.25) is 0 Å². The first-order valence-corrected chi connectivity index (χ1v) is 9.97.